The van der Waals surface area contributed by atoms with Crippen LogP contribution in [0, 0.1) is 0 Å². The van der Waals surface area contributed by atoms with E-state index in [2.05, 4.69) is 16.8 Å². The van der Waals surface area contributed by atoms with Gasteiger partial charge in [0.15, 0.2) is 0 Å². The van der Waals surface area contributed by atoms with Gasteiger partial charge in [-0.1, -0.05) is 6.92 Å². The Morgan fingerprint density at radius 1 is 1.40 bits per heavy atom. The smallest absolute Gasteiger partial charge is 0.141 e. The maximum atomic E-state index is 5.74. The molecular formula is C11H16N2O2. The Morgan fingerprint density at radius 2 is 2.13 bits per heavy atom. The van der Waals surface area contributed by atoms with Gasteiger partial charge in [0.25, 0.3) is 0 Å². The molecule has 1 aromatic heterocycles. The summed E-state index contributed by atoms with van der Waals surface area (Å²) in [5.41, 5.74) is 0. The Hall–Kier alpha value is -1.29. The molecule has 0 N–H and O–H groups in total. The molecule has 1 fully saturated rings. The van der Waals surface area contributed by atoms with Crippen molar-refractivity contribution < 1.29 is 9.47 Å². The van der Waals surface area contributed by atoms with E-state index in [4.69, 9.17) is 9.47 Å². The minimum absolute atomic E-state index is 0.304. The van der Waals surface area contributed by atoms with E-state index in [9.17, 15) is 0 Å². The standard InChI is InChI=1S/C11H16N2O2/c1-3-13-7-11(8-13)15-10-4-9(14-2)5-12-6-10/h4-6,11H,3,7-8H2,1-2H3. The lowest BCUT2D eigenvalue weighted by atomic mass is 10.2. The van der Waals surface area contributed by atoms with Crippen LogP contribution in [0.5, 0.6) is 11.5 Å². The maximum absolute atomic E-state index is 5.74. The van der Waals surface area contributed by atoms with Crippen molar-refractivity contribution in [3.63, 3.8) is 0 Å². The van der Waals surface area contributed by atoms with Crippen LogP contribution in [0.4, 0.5) is 0 Å². The van der Waals surface area contributed by atoms with Crippen molar-refractivity contribution in [1.29, 1.82) is 0 Å². The molecule has 82 valence electrons. The van der Waals surface area contributed by atoms with E-state index in [1.54, 1.807) is 19.5 Å². The number of methoxy groups -OCH3 is 1. The van der Waals surface area contributed by atoms with Crippen molar-refractivity contribution in [2.75, 3.05) is 26.7 Å². The van der Waals surface area contributed by atoms with E-state index < -0.39 is 0 Å². The zero-order valence-electron chi connectivity index (χ0n) is 9.14. The molecule has 0 saturated carbocycles. The fraction of sp³-hybridized carbons (Fsp3) is 0.545. The molecule has 4 nitrogen and oxygen atoms in total. The SMILES string of the molecule is CCN1CC(Oc2cncc(OC)c2)C1. The molecule has 0 radical (unpaired) electrons. The van der Waals surface area contributed by atoms with Gasteiger partial charge in [-0.2, -0.15) is 0 Å². The Balaban J connectivity index is 1.88. The number of rotatable bonds is 4. The summed E-state index contributed by atoms with van der Waals surface area (Å²) in [6, 6.07) is 1.86. The van der Waals surface area contributed by atoms with Gasteiger partial charge in [-0.3, -0.25) is 9.88 Å². The third kappa shape index (κ3) is 2.39. The van der Waals surface area contributed by atoms with Crippen LogP contribution in [0.3, 0.4) is 0 Å². The topological polar surface area (TPSA) is 34.6 Å². The van der Waals surface area contributed by atoms with Crippen LogP contribution in [0.25, 0.3) is 0 Å². The van der Waals surface area contributed by atoms with Gasteiger partial charge < -0.3 is 9.47 Å². The number of pyridine rings is 1. The van der Waals surface area contributed by atoms with Crippen molar-refractivity contribution in [3.05, 3.63) is 18.5 Å². The van der Waals surface area contributed by atoms with Crippen LogP contribution >= 0.6 is 0 Å². The average molecular weight is 208 g/mol. The average Bonchev–Trinajstić information content (AvgIpc) is 2.23. The Morgan fingerprint density at radius 3 is 2.80 bits per heavy atom. The van der Waals surface area contributed by atoms with Crippen LogP contribution in [0.1, 0.15) is 6.92 Å². The number of likely N-dealkylation sites (tertiary alicyclic amines) is 1. The van der Waals surface area contributed by atoms with Gasteiger partial charge in [0, 0.05) is 19.2 Å². The number of ether oxygens (including phenoxy) is 2. The fourth-order valence-corrected chi connectivity index (χ4v) is 1.62. The van der Waals surface area contributed by atoms with Gasteiger partial charge in [-0.15, -0.1) is 0 Å². The highest BCUT2D eigenvalue weighted by Crippen LogP contribution is 2.20. The third-order valence-corrected chi connectivity index (χ3v) is 2.60. The molecule has 0 spiro atoms. The van der Waals surface area contributed by atoms with Crippen molar-refractivity contribution in [3.8, 4) is 11.5 Å². The van der Waals surface area contributed by atoms with Gasteiger partial charge in [0.2, 0.25) is 0 Å². The predicted molar refractivity (Wildman–Crippen MR) is 57.3 cm³/mol. The first-order valence-corrected chi connectivity index (χ1v) is 5.20. The largest absolute Gasteiger partial charge is 0.495 e. The van der Waals surface area contributed by atoms with Gasteiger partial charge in [-0.05, 0) is 6.54 Å². The first-order chi connectivity index (χ1) is 7.31. The lowest BCUT2D eigenvalue weighted by molar-refractivity contribution is 0.0235. The molecule has 0 unspecified atom stereocenters. The van der Waals surface area contributed by atoms with Crippen molar-refractivity contribution in [2.45, 2.75) is 13.0 Å². The van der Waals surface area contributed by atoms with E-state index in [0.29, 0.717) is 6.10 Å². The van der Waals surface area contributed by atoms with Crippen molar-refractivity contribution in [2.24, 2.45) is 0 Å². The second-order valence-corrected chi connectivity index (χ2v) is 3.65. The van der Waals surface area contributed by atoms with E-state index in [0.717, 1.165) is 31.1 Å². The molecule has 1 saturated heterocycles. The predicted octanol–water partition coefficient (Wildman–Crippen LogP) is 1.17. The van der Waals surface area contributed by atoms with Gasteiger partial charge in [0.1, 0.15) is 17.6 Å². The van der Waals surface area contributed by atoms with E-state index in [1.165, 1.54) is 0 Å². The third-order valence-electron chi connectivity index (χ3n) is 2.60. The molecule has 0 aliphatic carbocycles. The minimum Gasteiger partial charge on any atom is -0.495 e. The van der Waals surface area contributed by atoms with Gasteiger partial charge >= 0.3 is 0 Å². The number of hydrogen-bond acceptors (Lipinski definition) is 4. The zero-order chi connectivity index (χ0) is 10.7. The minimum atomic E-state index is 0.304. The van der Waals surface area contributed by atoms with E-state index in [1.807, 2.05) is 6.07 Å². The monoisotopic (exact) mass is 208 g/mol. The molecule has 2 rings (SSSR count). The lowest BCUT2D eigenvalue weighted by Crippen LogP contribution is -2.53. The van der Waals surface area contributed by atoms with Crippen molar-refractivity contribution in [1.82, 2.24) is 9.88 Å². The molecule has 0 bridgehead atoms. The fourth-order valence-electron chi connectivity index (χ4n) is 1.62. The highest BCUT2D eigenvalue weighted by atomic mass is 16.5. The van der Waals surface area contributed by atoms with Crippen LogP contribution in [0.15, 0.2) is 18.5 Å². The second-order valence-electron chi connectivity index (χ2n) is 3.65. The van der Waals surface area contributed by atoms with Crippen LogP contribution in [-0.2, 0) is 0 Å². The molecule has 1 aliphatic rings. The summed E-state index contributed by atoms with van der Waals surface area (Å²) in [6.45, 7) is 5.26. The maximum Gasteiger partial charge on any atom is 0.141 e. The highest BCUT2D eigenvalue weighted by Gasteiger charge is 2.26. The summed E-state index contributed by atoms with van der Waals surface area (Å²) in [5, 5.41) is 0. The second kappa shape index (κ2) is 4.49. The van der Waals surface area contributed by atoms with Crippen molar-refractivity contribution >= 4 is 0 Å². The molecule has 0 aromatic carbocycles. The molecule has 0 atom stereocenters. The Bertz CT molecular complexity index is 324. The van der Waals surface area contributed by atoms with Crippen LogP contribution in [0.2, 0.25) is 0 Å². The Kier molecular flexibility index (Phi) is 3.06. The summed E-state index contributed by atoms with van der Waals surface area (Å²) in [4.78, 5) is 6.37. The number of likely N-dealkylation sites (N-methyl/N-ethyl adjacent to an activating group) is 1. The molecule has 1 aromatic rings. The number of nitrogens with zero attached hydrogens (tertiary/aromatic N) is 2. The van der Waals surface area contributed by atoms with Crippen LogP contribution < -0.4 is 9.47 Å². The zero-order valence-corrected chi connectivity index (χ0v) is 9.14. The highest BCUT2D eigenvalue weighted by molar-refractivity contribution is 5.28. The summed E-state index contributed by atoms with van der Waals surface area (Å²) < 4.78 is 10.8. The molecule has 0 amide bonds. The summed E-state index contributed by atoms with van der Waals surface area (Å²) >= 11 is 0. The number of aromatic nitrogens is 1. The van der Waals surface area contributed by atoms with E-state index >= 15 is 0 Å². The normalized spacial score (nSPS) is 17.2. The lowest BCUT2D eigenvalue weighted by Gasteiger charge is -2.38. The molecule has 2 heterocycles. The van der Waals surface area contributed by atoms with Crippen LogP contribution in [-0.4, -0.2) is 42.7 Å². The molecule has 4 heteroatoms. The number of hydrogen-bond donors (Lipinski definition) is 0. The molecular weight excluding hydrogens is 192 g/mol. The molecule has 1 aliphatic heterocycles. The quantitative estimate of drug-likeness (QED) is 0.744. The first kappa shape index (κ1) is 10.2. The summed E-state index contributed by atoms with van der Waals surface area (Å²) in [7, 11) is 1.63. The Labute approximate surface area is 89.8 Å². The van der Waals surface area contributed by atoms with Gasteiger partial charge in [0.05, 0.1) is 19.5 Å². The van der Waals surface area contributed by atoms with Gasteiger partial charge in [-0.25, -0.2) is 0 Å². The van der Waals surface area contributed by atoms with E-state index in [-0.39, 0.29) is 0 Å². The molecule has 15 heavy (non-hydrogen) atoms. The first-order valence-electron chi connectivity index (χ1n) is 5.20. The summed E-state index contributed by atoms with van der Waals surface area (Å²) in [6.07, 6.45) is 3.70. The summed E-state index contributed by atoms with van der Waals surface area (Å²) in [5.74, 6) is 1.52.